The zero-order chi connectivity index (χ0) is 30.0. The van der Waals surface area contributed by atoms with Crippen molar-refractivity contribution in [3.8, 4) is 0 Å². The molecule has 1 saturated carbocycles. The Labute approximate surface area is 243 Å². The molecule has 3 aliphatic rings. The molecular formula is C32H46N2O7. The van der Waals surface area contributed by atoms with E-state index in [4.69, 9.17) is 18.9 Å². The number of methoxy groups -OCH3 is 1. The Morgan fingerprint density at radius 1 is 1.12 bits per heavy atom. The molecule has 0 radical (unpaired) electrons. The number of nitrogens with one attached hydrogen (secondary N) is 2. The quantitative estimate of drug-likeness (QED) is 0.273. The molecule has 0 aromatic heterocycles. The van der Waals surface area contributed by atoms with Crippen LogP contribution in [0.15, 0.2) is 35.9 Å². The predicted molar refractivity (Wildman–Crippen MR) is 155 cm³/mol. The van der Waals surface area contributed by atoms with Crippen LogP contribution in [0.25, 0.3) is 0 Å². The monoisotopic (exact) mass is 570 g/mol. The third-order valence-corrected chi connectivity index (χ3v) is 8.59. The molecule has 226 valence electrons. The van der Waals surface area contributed by atoms with Crippen LogP contribution in [-0.4, -0.2) is 61.0 Å². The Kier molecular flexibility index (Phi) is 9.31. The number of rotatable bonds is 11. The van der Waals surface area contributed by atoms with Gasteiger partial charge in [0.25, 0.3) is 0 Å². The third-order valence-electron chi connectivity index (χ3n) is 8.59. The number of carbonyl (C=O) groups excluding carboxylic acids is 3. The molecule has 2 amide bonds. The Bertz CT molecular complexity index is 1150. The highest BCUT2D eigenvalue weighted by molar-refractivity contribution is 5.94. The minimum atomic E-state index is -0.507. The smallest absolute Gasteiger partial charge is 0.407 e. The number of ketones is 1. The van der Waals surface area contributed by atoms with Crippen LogP contribution >= 0.6 is 0 Å². The normalized spacial score (nSPS) is 30.3. The average Bonchev–Trinajstić information content (AvgIpc) is 3.83. The summed E-state index contributed by atoms with van der Waals surface area (Å²) >= 11 is 0. The highest BCUT2D eigenvalue weighted by Gasteiger charge is 2.72. The lowest BCUT2D eigenvalue weighted by Gasteiger charge is -2.42. The molecule has 9 nitrogen and oxygen atoms in total. The van der Waals surface area contributed by atoms with Crippen LogP contribution in [0.5, 0.6) is 0 Å². The molecule has 2 aliphatic heterocycles. The van der Waals surface area contributed by atoms with E-state index >= 15 is 0 Å². The van der Waals surface area contributed by atoms with Crippen LogP contribution in [0.1, 0.15) is 79.2 Å². The number of amides is 2. The van der Waals surface area contributed by atoms with Crippen LogP contribution in [0.3, 0.4) is 0 Å². The number of allylic oxidation sites excluding steroid dienone is 1. The third kappa shape index (κ3) is 7.56. The number of Topliss-reactive ketones (excluding diaryl/α,β-unsaturated/α-hetero) is 1. The first-order valence-corrected chi connectivity index (χ1v) is 14.6. The number of carbonyl (C=O) groups is 3. The van der Waals surface area contributed by atoms with Gasteiger partial charge in [0.2, 0.25) is 5.91 Å². The molecule has 2 saturated heterocycles. The molecule has 4 rings (SSSR count). The lowest BCUT2D eigenvalue weighted by molar-refractivity contribution is -0.128. The van der Waals surface area contributed by atoms with Crippen molar-refractivity contribution in [2.45, 2.75) is 110 Å². The van der Waals surface area contributed by atoms with E-state index in [1.54, 1.807) is 19.2 Å². The molecule has 2 N–H and O–H groups in total. The summed E-state index contributed by atoms with van der Waals surface area (Å²) < 4.78 is 24.1. The summed E-state index contributed by atoms with van der Waals surface area (Å²) in [7, 11) is 1.66. The van der Waals surface area contributed by atoms with Gasteiger partial charge in [-0.05, 0) is 57.7 Å². The molecule has 1 aliphatic carbocycles. The van der Waals surface area contributed by atoms with Crippen molar-refractivity contribution in [1.29, 1.82) is 0 Å². The number of hydrogen-bond donors (Lipinski definition) is 2. The van der Waals surface area contributed by atoms with Gasteiger partial charge in [-0.1, -0.05) is 44.6 Å². The van der Waals surface area contributed by atoms with Gasteiger partial charge in [0.15, 0.2) is 0 Å². The second-order valence-corrected chi connectivity index (χ2v) is 13.1. The molecule has 1 aromatic rings. The maximum absolute atomic E-state index is 12.8. The van der Waals surface area contributed by atoms with Gasteiger partial charge in [0.05, 0.1) is 18.6 Å². The second-order valence-electron chi connectivity index (χ2n) is 13.1. The van der Waals surface area contributed by atoms with E-state index in [1.807, 2.05) is 32.9 Å². The summed E-state index contributed by atoms with van der Waals surface area (Å²) in [5.41, 5.74) is 1.64. The largest absolute Gasteiger partial charge is 0.443 e. The number of ether oxygens (including phenoxy) is 4. The maximum atomic E-state index is 12.8. The highest BCUT2D eigenvalue weighted by Crippen LogP contribution is 2.59. The number of alkyl carbamates (subject to hydrolysis) is 1. The Morgan fingerprint density at radius 2 is 1.80 bits per heavy atom. The summed E-state index contributed by atoms with van der Waals surface area (Å²) in [6.45, 7) is 12.8. The molecule has 6 atom stereocenters. The highest BCUT2D eigenvalue weighted by atomic mass is 16.6. The fraction of sp³-hybridized carbons (Fsp3) is 0.656. The van der Waals surface area contributed by atoms with Crippen LogP contribution in [0.2, 0.25) is 0 Å². The number of hydrogen-bond acceptors (Lipinski definition) is 7. The zero-order valence-electron chi connectivity index (χ0n) is 25.5. The van der Waals surface area contributed by atoms with Gasteiger partial charge in [0.1, 0.15) is 29.2 Å². The van der Waals surface area contributed by atoms with Crippen LogP contribution in [0, 0.1) is 11.3 Å². The summed E-state index contributed by atoms with van der Waals surface area (Å²) in [4.78, 5) is 37.1. The van der Waals surface area contributed by atoms with Crippen LogP contribution < -0.4 is 10.6 Å². The van der Waals surface area contributed by atoms with Gasteiger partial charge in [-0.15, -0.1) is 0 Å². The van der Waals surface area contributed by atoms with Gasteiger partial charge >= 0.3 is 6.09 Å². The van der Waals surface area contributed by atoms with Crippen molar-refractivity contribution in [3.63, 3.8) is 0 Å². The van der Waals surface area contributed by atoms with Gasteiger partial charge in [0, 0.05) is 37.6 Å². The van der Waals surface area contributed by atoms with Crippen molar-refractivity contribution >= 4 is 23.5 Å². The van der Waals surface area contributed by atoms with E-state index in [1.165, 1.54) is 5.57 Å². The van der Waals surface area contributed by atoms with Crippen molar-refractivity contribution < 1.29 is 33.3 Å². The van der Waals surface area contributed by atoms with E-state index in [2.05, 4.69) is 37.5 Å². The molecule has 1 spiro atoms. The Balaban J connectivity index is 1.27. The number of anilines is 1. The zero-order valence-corrected chi connectivity index (χ0v) is 25.5. The molecule has 1 unspecified atom stereocenters. The summed E-state index contributed by atoms with van der Waals surface area (Å²) in [6, 6.07) is 7.21. The van der Waals surface area contributed by atoms with Crippen molar-refractivity contribution in [2.24, 2.45) is 11.3 Å². The summed E-state index contributed by atoms with van der Waals surface area (Å²) in [5, 5.41) is 5.65. The number of benzene rings is 1. The Hall–Kier alpha value is -2.75. The molecule has 2 heterocycles. The van der Waals surface area contributed by atoms with Crippen molar-refractivity contribution in [3.05, 3.63) is 41.5 Å². The Morgan fingerprint density at radius 3 is 2.39 bits per heavy atom. The van der Waals surface area contributed by atoms with Crippen molar-refractivity contribution in [2.75, 3.05) is 19.0 Å². The van der Waals surface area contributed by atoms with Gasteiger partial charge in [-0.25, -0.2) is 4.79 Å². The first-order valence-electron chi connectivity index (χ1n) is 14.6. The SMILES string of the molecule is CO[C@H]1[C@H](C2(C)O[C@@H]2CC=C(C)C)[C@]2(CC[C@H]1OC(=O)NCc1ccc(NC(=O)CCC(=O)C(C)(C)C)cc1)CO2. The molecule has 1 aromatic carbocycles. The molecule has 3 fully saturated rings. The van der Waals surface area contributed by atoms with E-state index in [0.29, 0.717) is 18.7 Å². The van der Waals surface area contributed by atoms with Gasteiger partial charge in [-0.2, -0.15) is 0 Å². The lowest BCUT2D eigenvalue weighted by atomic mass is 9.68. The summed E-state index contributed by atoms with van der Waals surface area (Å²) in [6.07, 6.45) is 3.68. The van der Waals surface area contributed by atoms with E-state index in [9.17, 15) is 14.4 Å². The second kappa shape index (κ2) is 12.2. The minimum Gasteiger partial charge on any atom is -0.443 e. The number of epoxide rings is 2. The van der Waals surface area contributed by atoms with Gasteiger partial charge in [-0.3, -0.25) is 9.59 Å². The average molecular weight is 571 g/mol. The molecule has 41 heavy (non-hydrogen) atoms. The fourth-order valence-corrected chi connectivity index (χ4v) is 5.96. The molecular weight excluding hydrogens is 524 g/mol. The summed E-state index contributed by atoms with van der Waals surface area (Å²) in [5.74, 6) is -0.181. The van der Waals surface area contributed by atoms with Crippen LogP contribution in [0.4, 0.5) is 10.5 Å². The molecule has 9 heteroatoms. The molecule has 0 bridgehead atoms. The lowest BCUT2D eigenvalue weighted by Crippen LogP contribution is -2.56. The van der Waals surface area contributed by atoms with E-state index < -0.39 is 17.6 Å². The first-order chi connectivity index (χ1) is 19.3. The van der Waals surface area contributed by atoms with Crippen LogP contribution in [-0.2, 0) is 35.1 Å². The van der Waals surface area contributed by atoms with Gasteiger partial charge < -0.3 is 29.6 Å². The maximum Gasteiger partial charge on any atom is 0.407 e. The fourth-order valence-electron chi connectivity index (χ4n) is 5.96. The van der Waals surface area contributed by atoms with E-state index in [-0.39, 0.29) is 60.4 Å². The topological polar surface area (TPSA) is 119 Å². The predicted octanol–water partition coefficient (Wildman–Crippen LogP) is 5.32. The standard InChI is InChI=1S/C32H46N2O7/c1-20(2)8-14-25-31(6,41-25)28-27(38-7)23(16-17-32(28)19-39-32)40-29(37)33-18-21-9-11-22(12-10-21)34-26(36)15-13-24(35)30(3,4)5/h8-12,23,25,27-28H,13-19H2,1-7H3,(H,33,37)(H,34,36)/t23-,25-,27-,28-,31?,32+/m1/s1. The van der Waals surface area contributed by atoms with E-state index in [0.717, 1.165) is 18.4 Å². The van der Waals surface area contributed by atoms with Crippen molar-refractivity contribution in [1.82, 2.24) is 5.32 Å². The first kappa shape index (κ1) is 31.2. The minimum absolute atomic E-state index is 0.0311.